The van der Waals surface area contributed by atoms with E-state index in [9.17, 15) is 9.90 Å². The lowest BCUT2D eigenvalue weighted by atomic mass is 9.86. The summed E-state index contributed by atoms with van der Waals surface area (Å²) in [5.74, 6) is -0.213. The molecule has 0 bridgehead atoms. The van der Waals surface area contributed by atoms with Crippen molar-refractivity contribution in [1.82, 2.24) is 0 Å². The van der Waals surface area contributed by atoms with E-state index >= 15 is 0 Å². The van der Waals surface area contributed by atoms with E-state index in [0.717, 1.165) is 6.42 Å². The number of hydrogen-bond acceptors (Lipinski definition) is 3. The molecule has 84 valence electrons. The first-order chi connectivity index (χ1) is 6.38. The van der Waals surface area contributed by atoms with Crippen LogP contribution in [-0.2, 0) is 9.53 Å². The van der Waals surface area contributed by atoms with E-state index < -0.39 is 6.10 Å². The largest absolute Gasteiger partial charge is 0.466 e. The van der Waals surface area contributed by atoms with Crippen molar-refractivity contribution in [2.75, 3.05) is 6.61 Å². The predicted octanol–water partition coefficient (Wildman–Crippen LogP) is 2.13. The van der Waals surface area contributed by atoms with Crippen LogP contribution in [0, 0.1) is 5.41 Å². The van der Waals surface area contributed by atoms with Gasteiger partial charge in [-0.2, -0.15) is 0 Å². The highest BCUT2D eigenvalue weighted by molar-refractivity contribution is 5.69. The molecule has 0 aliphatic heterocycles. The lowest BCUT2D eigenvalue weighted by Crippen LogP contribution is -2.26. The van der Waals surface area contributed by atoms with Crippen molar-refractivity contribution in [1.29, 1.82) is 0 Å². The SMILES string of the molecule is CCCOC(=O)CCC(O)C(C)(C)C. The average molecular weight is 202 g/mol. The molecule has 0 saturated carbocycles. The maximum atomic E-state index is 11.1. The van der Waals surface area contributed by atoms with E-state index in [-0.39, 0.29) is 11.4 Å². The number of ether oxygens (including phenoxy) is 1. The van der Waals surface area contributed by atoms with Gasteiger partial charge in [0.2, 0.25) is 0 Å². The van der Waals surface area contributed by atoms with E-state index in [1.165, 1.54) is 0 Å². The van der Waals surface area contributed by atoms with Gasteiger partial charge in [0, 0.05) is 6.42 Å². The molecule has 0 amide bonds. The smallest absolute Gasteiger partial charge is 0.305 e. The molecule has 1 N–H and O–H groups in total. The van der Waals surface area contributed by atoms with E-state index in [1.54, 1.807) is 0 Å². The summed E-state index contributed by atoms with van der Waals surface area (Å²) in [5.41, 5.74) is -0.162. The number of rotatable bonds is 5. The van der Waals surface area contributed by atoms with Gasteiger partial charge in [-0.1, -0.05) is 27.7 Å². The van der Waals surface area contributed by atoms with Crippen molar-refractivity contribution in [2.24, 2.45) is 5.41 Å². The third kappa shape index (κ3) is 5.97. The highest BCUT2D eigenvalue weighted by Crippen LogP contribution is 2.22. The molecule has 0 aliphatic carbocycles. The molecule has 0 aromatic rings. The Morgan fingerprint density at radius 1 is 1.43 bits per heavy atom. The fraction of sp³-hybridized carbons (Fsp3) is 0.909. The Hall–Kier alpha value is -0.570. The van der Waals surface area contributed by atoms with Crippen LogP contribution in [0.25, 0.3) is 0 Å². The van der Waals surface area contributed by atoms with Crippen LogP contribution in [0.3, 0.4) is 0 Å². The molecule has 0 rings (SSSR count). The summed E-state index contributed by atoms with van der Waals surface area (Å²) in [6.45, 7) is 8.29. The highest BCUT2D eigenvalue weighted by atomic mass is 16.5. The van der Waals surface area contributed by atoms with E-state index in [4.69, 9.17) is 4.74 Å². The summed E-state index contributed by atoms with van der Waals surface area (Å²) in [6.07, 6.45) is 1.18. The van der Waals surface area contributed by atoms with Crippen molar-refractivity contribution in [3.63, 3.8) is 0 Å². The zero-order valence-corrected chi connectivity index (χ0v) is 9.67. The van der Waals surface area contributed by atoms with Crippen molar-refractivity contribution in [2.45, 2.75) is 53.1 Å². The van der Waals surface area contributed by atoms with Gasteiger partial charge in [0.15, 0.2) is 0 Å². The van der Waals surface area contributed by atoms with Crippen LogP contribution in [0.5, 0.6) is 0 Å². The summed E-state index contributed by atoms with van der Waals surface area (Å²) in [6, 6.07) is 0. The second-order valence-electron chi connectivity index (χ2n) is 4.64. The molecule has 0 aromatic carbocycles. The van der Waals surface area contributed by atoms with Gasteiger partial charge in [0.1, 0.15) is 0 Å². The molecule has 0 fully saturated rings. The third-order valence-corrected chi connectivity index (χ3v) is 2.09. The number of esters is 1. The van der Waals surface area contributed by atoms with Crippen LogP contribution in [0.4, 0.5) is 0 Å². The standard InChI is InChI=1S/C11H22O3/c1-5-8-14-10(13)7-6-9(12)11(2,3)4/h9,12H,5-8H2,1-4H3. The lowest BCUT2D eigenvalue weighted by Gasteiger charge is -2.25. The Morgan fingerprint density at radius 3 is 2.43 bits per heavy atom. The maximum Gasteiger partial charge on any atom is 0.305 e. The summed E-state index contributed by atoms with van der Waals surface area (Å²) >= 11 is 0. The first-order valence-corrected chi connectivity index (χ1v) is 5.21. The molecule has 0 aliphatic rings. The monoisotopic (exact) mass is 202 g/mol. The predicted molar refractivity (Wildman–Crippen MR) is 55.9 cm³/mol. The Bertz CT molecular complexity index is 170. The van der Waals surface area contributed by atoms with Gasteiger partial charge in [-0.25, -0.2) is 0 Å². The minimum absolute atomic E-state index is 0.162. The summed E-state index contributed by atoms with van der Waals surface area (Å²) < 4.78 is 4.90. The van der Waals surface area contributed by atoms with Crippen LogP contribution < -0.4 is 0 Å². The fourth-order valence-electron chi connectivity index (χ4n) is 0.976. The molecule has 3 heteroatoms. The second kappa shape index (κ2) is 6.02. The average Bonchev–Trinajstić information content (AvgIpc) is 2.09. The van der Waals surface area contributed by atoms with E-state index in [1.807, 2.05) is 27.7 Å². The van der Waals surface area contributed by atoms with E-state index in [0.29, 0.717) is 19.4 Å². The van der Waals surface area contributed by atoms with Crippen LogP contribution >= 0.6 is 0 Å². The molecular weight excluding hydrogens is 180 g/mol. The number of carbonyl (C=O) groups is 1. The maximum absolute atomic E-state index is 11.1. The molecule has 3 nitrogen and oxygen atoms in total. The van der Waals surface area contributed by atoms with E-state index in [2.05, 4.69) is 0 Å². The summed E-state index contributed by atoms with van der Waals surface area (Å²) in [7, 11) is 0. The third-order valence-electron chi connectivity index (χ3n) is 2.09. The minimum Gasteiger partial charge on any atom is -0.466 e. The van der Waals surface area contributed by atoms with Gasteiger partial charge in [-0.3, -0.25) is 4.79 Å². The van der Waals surface area contributed by atoms with Crippen LogP contribution in [0.1, 0.15) is 47.0 Å². The van der Waals surface area contributed by atoms with Gasteiger partial charge in [-0.05, 0) is 18.3 Å². The number of aliphatic hydroxyl groups is 1. The van der Waals surface area contributed by atoms with Crippen LogP contribution in [0.2, 0.25) is 0 Å². The highest BCUT2D eigenvalue weighted by Gasteiger charge is 2.22. The summed E-state index contributed by atoms with van der Waals surface area (Å²) in [4.78, 5) is 11.1. The quantitative estimate of drug-likeness (QED) is 0.695. The lowest BCUT2D eigenvalue weighted by molar-refractivity contribution is -0.144. The Morgan fingerprint density at radius 2 is 2.00 bits per heavy atom. The Kier molecular flexibility index (Phi) is 5.77. The molecule has 14 heavy (non-hydrogen) atoms. The van der Waals surface area contributed by atoms with Gasteiger partial charge in [0.25, 0.3) is 0 Å². The Balaban J connectivity index is 3.67. The first-order valence-electron chi connectivity index (χ1n) is 5.21. The summed E-state index contributed by atoms with van der Waals surface area (Å²) in [5, 5.41) is 9.65. The van der Waals surface area contributed by atoms with Crippen LogP contribution in [-0.4, -0.2) is 23.8 Å². The van der Waals surface area contributed by atoms with Crippen molar-refractivity contribution in [3.8, 4) is 0 Å². The van der Waals surface area contributed by atoms with Gasteiger partial charge < -0.3 is 9.84 Å². The van der Waals surface area contributed by atoms with Gasteiger partial charge in [0.05, 0.1) is 12.7 Å². The van der Waals surface area contributed by atoms with Crippen molar-refractivity contribution < 1.29 is 14.6 Å². The molecular formula is C11H22O3. The van der Waals surface area contributed by atoms with Crippen molar-refractivity contribution in [3.05, 3.63) is 0 Å². The molecule has 0 aromatic heterocycles. The number of carbonyl (C=O) groups excluding carboxylic acids is 1. The zero-order valence-electron chi connectivity index (χ0n) is 9.67. The minimum atomic E-state index is -0.448. The topological polar surface area (TPSA) is 46.5 Å². The van der Waals surface area contributed by atoms with Crippen molar-refractivity contribution >= 4 is 5.97 Å². The normalized spacial score (nSPS) is 13.8. The molecule has 1 unspecified atom stereocenters. The molecule has 0 heterocycles. The van der Waals surface area contributed by atoms with Crippen LogP contribution in [0.15, 0.2) is 0 Å². The number of hydrogen-bond donors (Lipinski definition) is 1. The molecule has 0 radical (unpaired) electrons. The first kappa shape index (κ1) is 13.4. The molecule has 0 spiro atoms. The zero-order chi connectivity index (χ0) is 11.2. The van der Waals surface area contributed by atoms with Gasteiger partial charge >= 0.3 is 5.97 Å². The second-order valence-corrected chi connectivity index (χ2v) is 4.64. The molecule has 0 saturated heterocycles. The Labute approximate surface area is 86.5 Å². The van der Waals surface area contributed by atoms with Gasteiger partial charge in [-0.15, -0.1) is 0 Å². The fourth-order valence-corrected chi connectivity index (χ4v) is 0.976. The molecule has 1 atom stereocenters. The number of aliphatic hydroxyl groups excluding tert-OH is 1.